The zero-order valence-corrected chi connectivity index (χ0v) is 18.5. The van der Waals surface area contributed by atoms with Crippen molar-refractivity contribution in [2.45, 2.75) is 17.7 Å². The average molecular weight is 494 g/mol. The monoisotopic (exact) mass is 494 g/mol. The van der Waals surface area contributed by atoms with Gasteiger partial charge in [-0.15, -0.1) is 0 Å². The highest BCUT2D eigenvalue weighted by molar-refractivity contribution is 7.93. The molecule has 0 saturated heterocycles. The van der Waals surface area contributed by atoms with Crippen molar-refractivity contribution in [1.82, 2.24) is 24.9 Å². The van der Waals surface area contributed by atoms with E-state index in [1.54, 1.807) is 0 Å². The molecular formula is C20H17F3N6O4S. The average Bonchev–Trinajstić information content (AvgIpc) is 3.24. The number of fused-ring (bicyclic) bond motifs is 1. The first-order chi connectivity index (χ1) is 16.2. The zero-order valence-electron chi connectivity index (χ0n) is 17.7. The van der Waals surface area contributed by atoms with Gasteiger partial charge in [0.2, 0.25) is 24.1 Å². The van der Waals surface area contributed by atoms with Gasteiger partial charge in [0.25, 0.3) is 10.0 Å². The molecule has 3 aromatic heterocycles. The van der Waals surface area contributed by atoms with Crippen LogP contribution in [-0.2, 0) is 16.4 Å². The van der Waals surface area contributed by atoms with E-state index in [0.717, 1.165) is 6.07 Å². The molecular weight excluding hydrogens is 477 g/mol. The fourth-order valence-corrected chi connectivity index (χ4v) is 4.50. The second-order valence-corrected chi connectivity index (χ2v) is 8.48. The van der Waals surface area contributed by atoms with Crippen molar-refractivity contribution in [3.05, 3.63) is 48.3 Å². The Bertz CT molecular complexity index is 1420. The van der Waals surface area contributed by atoms with Gasteiger partial charge in [-0.3, -0.25) is 9.97 Å². The van der Waals surface area contributed by atoms with Gasteiger partial charge >= 0.3 is 0 Å². The Hall–Kier alpha value is -3.94. The van der Waals surface area contributed by atoms with Gasteiger partial charge in [0.05, 0.1) is 42.8 Å². The lowest BCUT2D eigenvalue weighted by Gasteiger charge is -2.14. The Morgan fingerprint density at radius 1 is 1.12 bits per heavy atom. The number of hydrogen-bond donors (Lipinski definition) is 2. The third-order valence-electron chi connectivity index (χ3n) is 4.78. The number of nitrogens with zero attached hydrogens (tertiary/aromatic N) is 4. The van der Waals surface area contributed by atoms with Gasteiger partial charge in [-0.25, -0.2) is 26.3 Å². The van der Waals surface area contributed by atoms with Crippen LogP contribution in [0.1, 0.15) is 5.56 Å². The quantitative estimate of drug-likeness (QED) is 0.382. The maximum atomic E-state index is 14.6. The zero-order chi connectivity index (χ0) is 24.5. The van der Waals surface area contributed by atoms with Gasteiger partial charge in [-0.1, -0.05) is 0 Å². The van der Waals surface area contributed by atoms with E-state index in [-0.39, 0.29) is 44.4 Å². The van der Waals surface area contributed by atoms with E-state index >= 15 is 0 Å². The van der Waals surface area contributed by atoms with Crippen LogP contribution in [0.2, 0.25) is 0 Å². The number of alkyl halides is 2. The summed E-state index contributed by atoms with van der Waals surface area (Å²) >= 11 is 0. The maximum absolute atomic E-state index is 14.6. The second-order valence-electron chi connectivity index (χ2n) is 6.83. The van der Waals surface area contributed by atoms with E-state index in [1.165, 1.54) is 45.1 Å². The van der Waals surface area contributed by atoms with Gasteiger partial charge in [-0.05, 0) is 12.1 Å². The molecule has 0 bridgehead atoms. The Morgan fingerprint density at radius 2 is 1.82 bits per heavy atom. The van der Waals surface area contributed by atoms with Gasteiger partial charge in [0.1, 0.15) is 10.7 Å². The van der Waals surface area contributed by atoms with Crippen molar-refractivity contribution in [2.24, 2.45) is 0 Å². The van der Waals surface area contributed by atoms with Crippen LogP contribution in [0.15, 0.2) is 41.8 Å². The molecule has 178 valence electrons. The summed E-state index contributed by atoms with van der Waals surface area (Å²) in [5, 5.41) is 0.169. The van der Waals surface area contributed by atoms with Gasteiger partial charge in [0.15, 0.2) is 0 Å². The summed E-state index contributed by atoms with van der Waals surface area (Å²) < 4.78 is 78.9. The Kier molecular flexibility index (Phi) is 6.24. The Balaban J connectivity index is 1.77. The lowest BCUT2D eigenvalue weighted by molar-refractivity contribution is 0.146. The van der Waals surface area contributed by atoms with Crippen LogP contribution in [0.5, 0.6) is 11.8 Å². The molecule has 0 aliphatic carbocycles. The van der Waals surface area contributed by atoms with Crippen LogP contribution in [-0.4, -0.2) is 54.0 Å². The Labute approximate surface area is 191 Å². The van der Waals surface area contributed by atoms with E-state index in [9.17, 15) is 21.6 Å². The van der Waals surface area contributed by atoms with E-state index < -0.39 is 34.6 Å². The largest absolute Gasteiger partial charge is 0.481 e. The summed E-state index contributed by atoms with van der Waals surface area (Å²) in [5.74, 6) is -1.62. The van der Waals surface area contributed by atoms with E-state index in [4.69, 9.17) is 9.47 Å². The fourth-order valence-electron chi connectivity index (χ4n) is 3.38. The number of aromatic nitrogens is 5. The van der Waals surface area contributed by atoms with E-state index in [1.807, 2.05) is 0 Å². The summed E-state index contributed by atoms with van der Waals surface area (Å²) in [4.78, 5) is 18.3. The molecule has 10 nitrogen and oxygen atoms in total. The lowest BCUT2D eigenvalue weighted by atomic mass is 10.1. The number of benzene rings is 1. The summed E-state index contributed by atoms with van der Waals surface area (Å²) in [7, 11) is -1.93. The molecule has 0 amide bonds. The summed E-state index contributed by atoms with van der Waals surface area (Å²) in [6.45, 7) is 0. The standard InChI is InChI=1S/C20H17F3N6O4S/c1-32-18-11(7-15(22)23)19(33-2)28-20(27-18)29-34(30,31)14-9-26-17-10(14)3-4-12(21)16(17)13-8-24-5-6-25-13/h3-6,8-9,15,26H,7H2,1-2H3,(H,27,28,29). The van der Waals surface area contributed by atoms with Crippen LogP contribution in [0.4, 0.5) is 19.1 Å². The van der Waals surface area contributed by atoms with Gasteiger partial charge in [0, 0.05) is 30.4 Å². The first kappa shape index (κ1) is 23.2. The van der Waals surface area contributed by atoms with Crippen LogP contribution in [0, 0.1) is 5.82 Å². The van der Waals surface area contributed by atoms with Crippen LogP contribution < -0.4 is 14.2 Å². The van der Waals surface area contributed by atoms with Gasteiger partial charge < -0.3 is 14.5 Å². The highest BCUT2D eigenvalue weighted by Gasteiger charge is 2.26. The molecule has 0 atom stereocenters. The van der Waals surface area contributed by atoms with E-state index in [2.05, 4.69) is 29.6 Å². The minimum atomic E-state index is -4.32. The first-order valence-corrected chi connectivity index (χ1v) is 11.1. The number of H-pyrrole nitrogens is 1. The number of halogens is 3. The molecule has 4 aromatic rings. The third kappa shape index (κ3) is 4.31. The molecule has 1 aromatic carbocycles. The highest BCUT2D eigenvalue weighted by Crippen LogP contribution is 2.34. The molecule has 0 saturated carbocycles. The molecule has 4 rings (SSSR count). The van der Waals surface area contributed by atoms with Crippen molar-refractivity contribution < 1.29 is 31.1 Å². The number of hydrogen-bond acceptors (Lipinski definition) is 8. The molecule has 14 heteroatoms. The normalized spacial score (nSPS) is 11.7. The molecule has 0 fully saturated rings. The lowest BCUT2D eigenvalue weighted by Crippen LogP contribution is -2.16. The topological polar surface area (TPSA) is 132 Å². The second kappa shape index (κ2) is 9.13. The summed E-state index contributed by atoms with van der Waals surface area (Å²) in [6, 6.07) is 2.41. The molecule has 3 heterocycles. The molecule has 0 unspecified atom stereocenters. The van der Waals surface area contributed by atoms with Crippen molar-refractivity contribution in [3.8, 4) is 23.0 Å². The summed E-state index contributed by atoms with van der Waals surface area (Å²) in [5.41, 5.74) is 0.322. The number of methoxy groups -OCH3 is 2. The highest BCUT2D eigenvalue weighted by atomic mass is 32.2. The first-order valence-electron chi connectivity index (χ1n) is 9.61. The smallest absolute Gasteiger partial charge is 0.266 e. The van der Waals surface area contributed by atoms with Crippen molar-refractivity contribution >= 4 is 26.9 Å². The SMILES string of the molecule is COc1nc(NS(=O)(=O)c2c[nH]c3c(-c4cnccn4)c(F)ccc23)nc(OC)c1CC(F)F. The Morgan fingerprint density at radius 3 is 2.41 bits per heavy atom. The van der Waals surface area contributed by atoms with Gasteiger partial charge in [-0.2, -0.15) is 9.97 Å². The minimum Gasteiger partial charge on any atom is -0.481 e. The molecule has 0 spiro atoms. The molecule has 0 aliphatic heterocycles. The molecule has 0 aliphatic rings. The van der Waals surface area contributed by atoms with E-state index in [0.29, 0.717) is 0 Å². The van der Waals surface area contributed by atoms with Crippen molar-refractivity contribution in [3.63, 3.8) is 0 Å². The predicted octanol–water partition coefficient (Wildman–Crippen LogP) is 3.18. The van der Waals surface area contributed by atoms with Crippen molar-refractivity contribution in [1.29, 1.82) is 0 Å². The molecule has 34 heavy (non-hydrogen) atoms. The predicted molar refractivity (Wildman–Crippen MR) is 115 cm³/mol. The van der Waals surface area contributed by atoms with Crippen LogP contribution >= 0.6 is 0 Å². The number of aromatic amines is 1. The van der Waals surface area contributed by atoms with Crippen LogP contribution in [0.3, 0.4) is 0 Å². The van der Waals surface area contributed by atoms with Crippen LogP contribution in [0.25, 0.3) is 22.2 Å². The maximum Gasteiger partial charge on any atom is 0.266 e. The minimum absolute atomic E-state index is 0.0444. The number of ether oxygens (including phenoxy) is 2. The molecule has 2 N–H and O–H groups in total. The third-order valence-corrected chi connectivity index (χ3v) is 6.15. The number of nitrogens with one attached hydrogen (secondary N) is 2. The number of anilines is 1. The molecule has 0 radical (unpaired) electrons. The summed E-state index contributed by atoms with van der Waals surface area (Å²) in [6.07, 6.45) is 1.84. The van der Waals surface area contributed by atoms with Crippen molar-refractivity contribution in [2.75, 3.05) is 18.9 Å². The number of rotatable bonds is 8. The number of sulfonamides is 1. The fraction of sp³-hybridized carbons (Fsp3) is 0.200.